The highest BCUT2D eigenvalue weighted by atomic mass is 127. The van der Waals surface area contributed by atoms with Gasteiger partial charge in [-0.15, -0.1) is 0 Å². The Labute approximate surface area is 227 Å². The Balaban J connectivity index is 0.00000289. The summed E-state index contributed by atoms with van der Waals surface area (Å²) in [5.74, 6) is 2.93. The van der Waals surface area contributed by atoms with Crippen molar-refractivity contribution < 1.29 is 47.5 Å². The van der Waals surface area contributed by atoms with Crippen LogP contribution in [0.1, 0.15) is 16.7 Å². The molecule has 0 saturated carbocycles. The maximum Gasteiger partial charge on any atom is 0.217 e. The van der Waals surface area contributed by atoms with Gasteiger partial charge in [-0.2, -0.15) is 4.57 Å². The molecule has 7 heteroatoms. The molecule has 0 N–H and O–H groups in total. The zero-order valence-electron chi connectivity index (χ0n) is 20.2. The van der Waals surface area contributed by atoms with Crippen molar-refractivity contribution in [1.82, 2.24) is 0 Å². The third kappa shape index (κ3) is 4.49. The maximum absolute atomic E-state index is 6.17. The molecule has 3 aromatic carbocycles. The molecule has 35 heavy (non-hydrogen) atoms. The SMILES string of the molecule is COc1cc2c(cc1OC)-c1c(Cc3ccc(Cl)cc3)c3ccc(OC)c(OC)c3c[n+]1CC2.[I-]. The van der Waals surface area contributed by atoms with E-state index in [-0.39, 0.29) is 24.0 Å². The second-order valence-electron chi connectivity index (χ2n) is 8.33. The lowest BCUT2D eigenvalue weighted by atomic mass is 9.88. The van der Waals surface area contributed by atoms with Crippen LogP contribution < -0.4 is 47.5 Å². The predicted octanol–water partition coefficient (Wildman–Crippen LogP) is 2.63. The first kappa shape index (κ1) is 25.4. The average molecular weight is 604 g/mol. The topological polar surface area (TPSA) is 40.8 Å². The van der Waals surface area contributed by atoms with Gasteiger partial charge in [0.25, 0.3) is 0 Å². The van der Waals surface area contributed by atoms with Crippen LogP contribution in [0.2, 0.25) is 5.02 Å². The van der Waals surface area contributed by atoms with E-state index >= 15 is 0 Å². The fourth-order valence-corrected chi connectivity index (χ4v) is 5.06. The Morgan fingerprint density at radius 1 is 0.800 bits per heavy atom. The smallest absolute Gasteiger partial charge is 0.217 e. The fraction of sp³-hybridized carbons (Fsp3) is 0.250. The average Bonchev–Trinajstić information content (AvgIpc) is 2.87. The number of aryl methyl sites for hydroxylation is 2. The van der Waals surface area contributed by atoms with Crippen molar-refractivity contribution in [2.45, 2.75) is 19.4 Å². The molecule has 0 unspecified atom stereocenters. The van der Waals surface area contributed by atoms with Crippen LogP contribution in [0.5, 0.6) is 23.0 Å². The third-order valence-corrected chi connectivity index (χ3v) is 6.80. The lowest BCUT2D eigenvalue weighted by Gasteiger charge is -2.22. The Kier molecular flexibility index (Phi) is 7.62. The van der Waals surface area contributed by atoms with E-state index in [4.69, 9.17) is 30.5 Å². The van der Waals surface area contributed by atoms with E-state index < -0.39 is 0 Å². The van der Waals surface area contributed by atoms with Gasteiger partial charge in [-0.3, -0.25) is 0 Å². The number of halogens is 2. The summed E-state index contributed by atoms with van der Waals surface area (Å²) in [7, 11) is 6.70. The van der Waals surface area contributed by atoms with Gasteiger partial charge in [0.15, 0.2) is 35.7 Å². The number of aromatic nitrogens is 1. The largest absolute Gasteiger partial charge is 1.00 e. The monoisotopic (exact) mass is 603 g/mol. The summed E-state index contributed by atoms with van der Waals surface area (Å²) in [5, 5.41) is 2.88. The predicted molar refractivity (Wildman–Crippen MR) is 134 cm³/mol. The molecular formula is C28H27ClINO4. The number of ether oxygens (including phenoxy) is 4. The molecule has 0 saturated heterocycles. The van der Waals surface area contributed by atoms with Crippen molar-refractivity contribution in [1.29, 1.82) is 0 Å². The van der Waals surface area contributed by atoms with Crippen LogP contribution in [0.4, 0.5) is 0 Å². The van der Waals surface area contributed by atoms with Crippen LogP contribution in [0, 0.1) is 0 Å². The van der Waals surface area contributed by atoms with Crippen LogP contribution >= 0.6 is 11.6 Å². The molecule has 0 spiro atoms. The molecule has 5 rings (SSSR count). The second-order valence-corrected chi connectivity index (χ2v) is 8.77. The second kappa shape index (κ2) is 10.5. The number of hydrogen-bond donors (Lipinski definition) is 0. The van der Waals surface area contributed by atoms with Crippen LogP contribution in [0.3, 0.4) is 0 Å². The van der Waals surface area contributed by atoms with Gasteiger partial charge in [0.2, 0.25) is 5.69 Å². The van der Waals surface area contributed by atoms with E-state index in [1.807, 2.05) is 18.2 Å². The van der Waals surface area contributed by atoms with Crippen LogP contribution in [0.25, 0.3) is 22.0 Å². The van der Waals surface area contributed by atoms with Crippen molar-refractivity contribution in [3.8, 4) is 34.3 Å². The van der Waals surface area contributed by atoms with Crippen LogP contribution in [-0.4, -0.2) is 28.4 Å². The van der Waals surface area contributed by atoms with E-state index in [1.54, 1.807) is 28.4 Å². The van der Waals surface area contributed by atoms with Crippen molar-refractivity contribution in [3.05, 3.63) is 76.4 Å². The summed E-state index contributed by atoms with van der Waals surface area (Å²) < 4.78 is 25.0. The van der Waals surface area contributed by atoms with Crippen LogP contribution in [0.15, 0.2) is 54.7 Å². The van der Waals surface area contributed by atoms with Gasteiger partial charge in [-0.25, -0.2) is 0 Å². The first-order chi connectivity index (χ1) is 16.6. The number of pyridine rings is 1. The highest BCUT2D eigenvalue weighted by Crippen LogP contribution is 2.43. The Bertz CT molecular complexity index is 1390. The Morgan fingerprint density at radius 3 is 2.14 bits per heavy atom. The first-order valence-electron chi connectivity index (χ1n) is 11.2. The number of benzene rings is 3. The number of fused-ring (bicyclic) bond motifs is 4. The van der Waals surface area contributed by atoms with E-state index in [0.717, 1.165) is 63.7 Å². The van der Waals surface area contributed by atoms with Crippen molar-refractivity contribution in [2.75, 3.05) is 28.4 Å². The van der Waals surface area contributed by atoms with Gasteiger partial charge in [-0.1, -0.05) is 23.7 Å². The van der Waals surface area contributed by atoms with Gasteiger partial charge in [0.05, 0.1) is 39.4 Å². The zero-order valence-corrected chi connectivity index (χ0v) is 23.1. The third-order valence-electron chi connectivity index (χ3n) is 6.55. The molecule has 0 fully saturated rings. The molecular weight excluding hydrogens is 577 g/mol. The summed E-state index contributed by atoms with van der Waals surface area (Å²) >= 11 is 6.17. The van der Waals surface area contributed by atoms with E-state index in [2.05, 4.69) is 41.1 Å². The molecule has 1 aromatic heterocycles. The van der Waals surface area contributed by atoms with Crippen molar-refractivity contribution in [2.24, 2.45) is 0 Å². The quantitative estimate of drug-likeness (QED) is 0.251. The highest BCUT2D eigenvalue weighted by molar-refractivity contribution is 6.30. The number of methoxy groups -OCH3 is 4. The van der Waals surface area contributed by atoms with Gasteiger partial charge >= 0.3 is 0 Å². The minimum atomic E-state index is 0. The van der Waals surface area contributed by atoms with Gasteiger partial charge in [0.1, 0.15) is 0 Å². The van der Waals surface area contributed by atoms with E-state index in [0.29, 0.717) is 0 Å². The maximum atomic E-state index is 6.17. The molecule has 1 aliphatic heterocycles. The minimum absolute atomic E-state index is 0. The standard InChI is InChI=1S/C28H27ClNO4.HI/c1-31-24-10-9-20-22(13-17-5-7-19(29)8-6-17)27-21-15-26(33-3)25(32-2)14-18(21)11-12-30(27)16-23(20)28(24)34-4;/h5-10,14-16H,11-13H2,1-4H3;1H/q+1;/p-1. The molecule has 5 nitrogen and oxygen atoms in total. The number of hydrogen-bond acceptors (Lipinski definition) is 4. The number of nitrogens with zero attached hydrogens (tertiary/aromatic N) is 1. The Morgan fingerprint density at radius 2 is 1.49 bits per heavy atom. The number of rotatable bonds is 6. The lowest BCUT2D eigenvalue weighted by molar-refractivity contribution is -0.686. The highest BCUT2D eigenvalue weighted by Gasteiger charge is 2.31. The zero-order chi connectivity index (χ0) is 23.8. The molecule has 1 aliphatic rings. The summed E-state index contributed by atoms with van der Waals surface area (Å²) in [6.07, 6.45) is 3.82. The van der Waals surface area contributed by atoms with Gasteiger partial charge < -0.3 is 42.9 Å². The summed E-state index contributed by atoms with van der Waals surface area (Å²) in [6.45, 7) is 0.849. The molecule has 2 heterocycles. The molecule has 0 bridgehead atoms. The fourth-order valence-electron chi connectivity index (χ4n) is 4.93. The lowest BCUT2D eigenvalue weighted by Crippen LogP contribution is -3.00. The molecule has 0 atom stereocenters. The Hall–Kier alpha value is -2.71. The van der Waals surface area contributed by atoms with Gasteiger partial charge in [-0.05, 0) is 47.5 Å². The summed E-state index contributed by atoms with van der Waals surface area (Å²) in [6, 6.07) is 16.3. The molecule has 4 aromatic rings. The molecule has 0 radical (unpaired) electrons. The summed E-state index contributed by atoms with van der Waals surface area (Å²) in [5.41, 5.74) is 5.98. The molecule has 0 amide bonds. The van der Waals surface area contributed by atoms with Crippen LogP contribution in [-0.2, 0) is 19.4 Å². The normalized spacial score (nSPS) is 11.8. The van der Waals surface area contributed by atoms with E-state index in [9.17, 15) is 0 Å². The van der Waals surface area contributed by atoms with E-state index in [1.165, 1.54) is 22.4 Å². The van der Waals surface area contributed by atoms with Crippen molar-refractivity contribution >= 4 is 22.4 Å². The minimum Gasteiger partial charge on any atom is -1.00 e. The molecule has 182 valence electrons. The van der Waals surface area contributed by atoms with Crippen molar-refractivity contribution in [3.63, 3.8) is 0 Å². The summed E-state index contributed by atoms with van der Waals surface area (Å²) in [4.78, 5) is 0. The molecule has 0 aliphatic carbocycles. The van der Waals surface area contributed by atoms with Gasteiger partial charge in [0, 0.05) is 28.8 Å². The first-order valence-corrected chi connectivity index (χ1v) is 11.6.